The first kappa shape index (κ1) is 19.0. The van der Waals surface area contributed by atoms with Gasteiger partial charge in [-0.3, -0.25) is 0 Å². The zero-order valence-electron chi connectivity index (χ0n) is 16.3. The van der Waals surface area contributed by atoms with E-state index < -0.39 is 0 Å². The number of aromatic nitrogens is 1. The SMILES string of the molecule is CCOC(=O)c1c(C)n(Cc2ccccc2)c2cc(CN(C)C)c(O)cc12. The molecule has 0 aliphatic heterocycles. The summed E-state index contributed by atoms with van der Waals surface area (Å²) in [6.45, 7) is 5.30. The number of carbonyl (C=O) groups excluding carboxylic acids is 1. The molecule has 5 nitrogen and oxygen atoms in total. The van der Waals surface area contributed by atoms with Crippen molar-refractivity contribution in [3.63, 3.8) is 0 Å². The van der Waals surface area contributed by atoms with Gasteiger partial charge in [0.05, 0.1) is 17.7 Å². The van der Waals surface area contributed by atoms with E-state index >= 15 is 0 Å². The summed E-state index contributed by atoms with van der Waals surface area (Å²) in [5.41, 5.74) is 4.27. The van der Waals surface area contributed by atoms with Crippen LogP contribution >= 0.6 is 0 Å². The van der Waals surface area contributed by atoms with Crippen molar-refractivity contribution in [2.24, 2.45) is 0 Å². The molecule has 1 N–H and O–H groups in total. The van der Waals surface area contributed by atoms with Crippen LogP contribution in [0.25, 0.3) is 10.9 Å². The molecule has 0 fully saturated rings. The third-order valence-corrected chi connectivity index (χ3v) is 4.67. The Morgan fingerprint density at radius 3 is 2.52 bits per heavy atom. The van der Waals surface area contributed by atoms with E-state index in [1.165, 1.54) is 0 Å². The van der Waals surface area contributed by atoms with Crippen LogP contribution < -0.4 is 0 Å². The second-order valence-electron chi connectivity index (χ2n) is 6.99. The number of rotatable bonds is 6. The number of hydrogen-bond donors (Lipinski definition) is 1. The van der Waals surface area contributed by atoms with Crippen molar-refractivity contribution < 1.29 is 14.6 Å². The Morgan fingerprint density at radius 1 is 1.19 bits per heavy atom. The fourth-order valence-corrected chi connectivity index (χ4v) is 3.45. The molecular weight excluding hydrogens is 340 g/mol. The van der Waals surface area contributed by atoms with Crippen molar-refractivity contribution in [3.8, 4) is 5.75 Å². The van der Waals surface area contributed by atoms with Gasteiger partial charge < -0.3 is 19.3 Å². The molecule has 0 amide bonds. The summed E-state index contributed by atoms with van der Waals surface area (Å²) in [5.74, 6) is -0.162. The molecular formula is C22H26N2O3. The van der Waals surface area contributed by atoms with Crippen LogP contribution in [-0.4, -0.2) is 41.2 Å². The number of phenols is 1. The van der Waals surface area contributed by atoms with E-state index in [0.29, 0.717) is 25.3 Å². The quantitative estimate of drug-likeness (QED) is 0.672. The lowest BCUT2D eigenvalue weighted by Gasteiger charge is -2.13. The van der Waals surface area contributed by atoms with Gasteiger partial charge in [0.1, 0.15) is 5.75 Å². The van der Waals surface area contributed by atoms with Gasteiger partial charge >= 0.3 is 5.97 Å². The zero-order chi connectivity index (χ0) is 19.6. The molecule has 0 unspecified atom stereocenters. The average molecular weight is 366 g/mol. The molecule has 1 aromatic heterocycles. The van der Waals surface area contributed by atoms with Crippen LogP contribution in [0.1, 0.15) is 34.1 Å². The maximum absolute atomic E-state index is 12.6. The minimum Gasteiger partial charge on any atom is -0.508 e. The van der Waals surface area contributed by atoms with Crippen LogP contribution in [0.2, 0.25) is 0 Å². The number of benzene rings is 2. The second-order valence-corrected chi connectivity index (χ2v) is 6.99. The van der Waals surface area contributed by atoms with Gasteiger partial charge in [-0.15, -0.1) is 0 Å². The number of hydrogen-bond acceptors (Lipinski definition) is 4. The lowest BCUT2D eigenvalue weighted by molar-refractivity contribution is 0.0527. The monoisotopic (exact) mass is 366 g/mol. The summed E-state index contributed by atoms with van der Waals surface area (Å²) < 4.78 is 7.39. The molecule has 27 heavy (non-hydrogen) atoms. The first-order valence-electron chi connectivity index (χ1n) is 9.12. The fraction of sp³-hybridized carbons (Fsp3) is 0.318. The van der Waals surface area contributed by atoms with E-state index in [9.17, 15) is 9.90 Å². The molecule has 3 aromatic rings. The van der Waals surface area contributed by atoms with Crippen LogP contribution in [-0.2, 0) is 17.8 Å². The number of ether oxygens (including phenoxy) is 1. The normalized spacial score (nSPS) is 11.3. The van der Waals surface area contributed by atoms with Gasteiger partial charge in [-0.25, -0.2) is 4.79 Å². The lowest BCUT2D eigenvalue weighted by atomic mass is 10.1. The first-order chi connectivity index (χ1) is 12.9. The third-order valence-electron chi connectivity index (χ3n) is 4.67. The van der Waals surface area contributed by atoms with Crippen molar-refractivity contribution in [2.75, 3.05) is 20.7 Å². The Kier molecular flexibility index (Phi) is 5.51. The van der Waals surface area contributed by atoms with Crippen molar-refractivity contribution >= 4 is 16.9 Å². The Balaban J connectivity index is 2.21. The van der Waals surface area contributed by atoms with Crippen LogP contribution in [0.4, 0.5) is 0 Å². The number of fused-ring (bicyclic) bond motifs is 1. The average Bonchev–Trinajstić information content (AvgIpc) is 2.87. The number of esters is 1. The van der Waals surface area contributed by atoms with Gasteiger partial charge in [0, 0.05) is 29.7 Å². The summed E-state index contributed by atoms with van der Waals surface area (Å²) in [6, 6.07) is 13.8. The summed E-state index contributed by atoms with van der Waals surface area (Å²) in [5, 5.41) is 11.2. The molecule has 142 valence electrons. The van der Waals surface area contributed by atoms with Crippen molar-refractivity contribution in [1.82, 2.24) is 9.47 Å². The minimum absolute atomic E-state index is 0.193. The van der Waals surface area contributed by atoms with E-state index in [1.54, 1.807) is 13.0 Å². The summed E-state index contributed by atoms with van der Waals surface area (Å²) in [7, 11) is 3.92. The predicted octanol–water partition coefficient (Wildman–Crippen LogP) is 3.94. The van der Waals surface area contributed by atoms with Gasteiger partial charge in [0.2, 0.25) is 0 Å². The third kappa shape index (κ3) is 3.83. The molecule has 0 spiro atoms. The Bertz CT molecular complexity index is 959. The van der Waals surface area contributed by atoms with Gasteiger partial charge in [0.25, 0.3) is 0 Å². The van der Waals surface area contributed by atoms with Gasteiger partial charge in [-0.05, 0) is 45.6 Å². The highest BCUT2D eigenvalue weighted by molar-refractivity contribution is 6.06. The smallest absolute Gasteiger partial charge is 0.340 e. The molecule has 5 heteroatoms. The number of aromatic hydroxyl groups is 1. The molecule has 0 saturated heterocycles. The summed E-state index contributed by atoms with van der Waals surface area (Å²) >= 11 is 0. The number of phenolic OH excluding ortho intramolecular Hbond substituents is 1. The number of carbonyl (C=O) groups is 1. The van der Waals surface area contributed by atoms with Crippen LogP contribution in [0.3, 0.4) is 0 Å². The predicted molar refractivity (Wildman–Crippen MR) is 107 cm³/mol. The van der Waals surface area contributed by atoms with Crippen molar-refractivity contribution in [1.29, 1.82) is 0 Å². The van der Waals surface area contributed by atoms with Gasteiger partial charge in [-0.1, -0.05) is 30.3 Å². The standard InChI is InChI=1S/C22H26N2O3/c1-5-27-22(26)21-15(2)24(13-16-9-7-6-8-10-16)19-11-17(14-23(3)4)20(25)12-18(19)21/h6-12,25H,5,13-14H2,1-4H3. The van der Waals surface area contributed by atoms with Crippen LogP contribution in [0.15, 0.2) is 42.5 Å². The van der Waals surface area contributed by atoms with E-state index in [2.05, 4.69) is 16.7 Å². The molecule has 3 rings (SSSR count). The Labute approximate surface area is 159 Å². The van der Waals surface area contributed by atoms with Crippen molar-refractivity contribution in [2.45, 2.75) is 26.9 Å². The van der Waals surface area contributed by atoms with Crippen LogP contribution in [0, 0.1) is 6.92 Å². The summed E-state index contributed by atoms with van der Waals surface area (Å²) in [6.07, 6.45) is 0. The highest BCUT2D eigenvalue weighted by Gasteiger charge is 2.23. The maximum Gasteiger partial charge on any atom is 0.340 e. The van der Waals surface area contributed by atoms with Gasteiger partial charge in [-0.2, -0.15) is 0 Å². The van der Waals surface area contributed by atoms with E-state index in [4.69, 9.17) is 4.74 Å². The molecule has 0 radical (unpaired) electrons. The lowest BCUT2D eigenvalue weighted by Crippen LogP contribution is -2.11. The Hall–Kier alpha value is -2.79. The largest absolute Gasteiger partial charge is 0.508 e. The maximum atomic E-state index is 12.6. The molecule has 0 aliphatic carbocycles. The molecule has 0 atom stereocenters. The second kappa shape index (κ2) is 7.84. The highest BCUT2D eigenvalue weighted by Crippen LogP contribution is 2.33. The zero-order valence-corrected chi connectivity index (χ0v) is 16.3. The first-order valence-corrected chi connectivity index (χ1v) is 9.12. The minimum atomic E-state index is -0.355. The van der Waals surface area contributed by atoms with Crippen LogP contribution in [0.5, 0.6) is 5.75 Å². The topological polar surface area (TPSA) is 54.7 Å². The van der Waals surface area contributed by atoms with Gasteiger partial charge in [0.15, 0.2) is 0 Å². The molecule has 1 heterocycles. The number of nitrogens with zero attached hydrogens (tertiary/aromatic N) is 2. The fourth-order valence-electron chi connectivity index (χ4n) is 3.45. The molecule has 0 aliphatic rings. The van der Waals surface area contributed by atoms with E-state index in [0.717, 1.165) is 27.7 Å². The Morgan fingerprint density at radius 2 is 1.89 bits per heavy atom. The molecule has 0 saturated carbocycles. The van der Waals surface area contributed by atoms with Crippen molar-refractivity contribution in [3.05, 3.63) is 64.8 Å². The van der Waals surface area contributed by atoms with E-state index in [-0.39, 0.29) is 11.7 Å². The highest BCUT2D eigenvalue weighted by atomic mass is 16.5. The molecule has 0 bridgehead atoms. The molecule has 2 aromatic carbocycles. The van der Waals surface area contributed by atoms with E-state index in [1.807, 2.05) is 50.2 Å². The summed E-state index contributed by atoms with van der Waals surface area (Å²) in [4.78, 5) is 14.6.